The SMILES string of the molecule is O=CC1CCN(c2cc(F)c([C@@H]3c4ccc(O)cc4CC[C@@H]3C3CCCCC3)c(F)c2)CC1. The highest BCUT2D eigenvalue weighted by Gasteiger charge is 2.39. The molecule has 176 valence electrons. The van der Waals surface area contributed by atoms with Crippen molar-refractivity contribution in [3.05, 3.63) is 58.7 Å². The van der Waals surface area contributed by atoms with Crippen LogP contribution in [0, 0.1) is 29.4 Å². The van der Waals surface area contributed by atoms with Crippen molar-refractivity contribution < 1.29 is 18.7 Å². The van der Waals surface area contributed by atoms with Crippen LogP contribution in [0.15, 0.2) is 30.3 Å². The van der Waals surface area contributed by atoms with E-state index in [-0.39, 0.29) is 29.1 Å². The molecule has 5 rings (SSSR count). The zero-order valence-corrected chi connectivity index (χ0v) is 19.1. The van der Waals surface area contributed by atoms with Gasteiger partial charge in [0, 0.05) is 36.2 Å². The number of carbonyl (C=O) groups is 1. The summed E-state index contributed by atoms with van der Waals surface area (Å²) in [6.07, 6.45) is 10.1. The summed E-state index contributed by atoms with van der Waals surface area (Å²) < 4.78 is 31.5. The molecule has 0 spiro atoms. The Morgan fingerprint density at radius 3 is 2.27 bits per heavy atom. The fourth-order valence-electron chi connectivity index (χ4n) is 6.62. The van der Waals surface area contributed by atoms with Gasteiger partial charge in [-0.25, -0.2) is 8.78 Å². The van der Waals surface area contributed by atoms with E-state index in [9.17, 15) is 9.90 Å². The number of aldehydes is 1. The maximum Gasteiger partial charge on any atom is 0.132 e. The molecule has 0 unspecified atom stereocenters. The number of hydrogen-bond acceptors (Lipinski definition) is 3. The molecule has 1 saturated carbocycles. The number of halogens is 2. The topological polar surface area (TPSA) is 40.5 Å². The van der Waals surface area contributed by atoms with Crippen molar-refractivity contribution in [3.63, 3.8) is 0 Å². The minimum Gasteiger partial charge on any atom is -0.508 e. The number of fused-ring (bicyclic) bond motifs is 1. The number of piperidine rings is 1. The van der Waals surface area contributed by atoms with Gasteiger partial charge in [-0.3, -0.25) is 0 Å². The number of phenols is 1. The van der Waals surface area contributed by atoms with Gasteiger partial charge >= 0.3 is 0 Å². The van der Waals surface area contributed by atoms with Gasteiger partial charge in [-0.05, 0) is 72.9 Å². The number of rotatable bonds is 4. The molecule has 3 aliphatic rings. The van der Waals surface area contributed by atoms with Crippen LogP contribution in [0.4, 0.5) is 14.5 Å². The maximum atomic E-state index is 15.7. The second-order valence-electron chi connectivity index (χ2n) is 10.2. The van der Waals surface area contributed by atoms with Crippen LogP contribution in [-0.4, -0.2) is 24.5 Å². The summed E-state index contributed by atoms with van der Waals surface area (Å²) in [6.45, 7) is 1.27. The Morgan fingerprint density at radius 1 is 0.909 bits per heavy atom. The van der Waals surface area contributed by atoms with Gasteiger partial charge in [-0.1, -0.05) is 38.2 Å². The third-order valence-corrected chi connectivity index (χ3v) is 8.36. The summed E-state index contributed by atoms with van der Waals surface area (Å²) in [5.41, 5.74) is 2.72. The van der Waals surface area contributed by atoms with E-state index in [1.54, 1.807) is 12.1 Å². The zero-order valence-electron chi connectivity index (χ0n) is 19.1. The highest BCUT2D eigenvalue weighted by molar-refractivity contribution is 5.56. The molecule has 0 bridgehead atoms. The summed E-state index contributed by atoms with van der Waals surface area (Å²) in [5, 5.41) is 10.0. The lowest BCUT2D eigenvalue weighted by Crippen LogP contribution is -2.34. The third-order valence-electron chi connectivity index (χ3n) is 8.36. The van der Waals surface area contributed by atoms with E-state index in [0.29, 0.717) is 24.7 Å². The summed E-state index contributed by atoms with van der Waals surface area (Å²) in [6, 6.07) is 8.27. The monoisotopic (exact) mass is 453 g/mol. The molecule has 2 aliphatic carbocycles. The van der Waals surface area contributed by atoms with Gasteiger partial charge in [0.25, 0.3) is 0 Å². The van der Waals surface area contributed by atoms with E-state index in [0.717, 1.165) is 55.9 Å². The molecule has 33 heavy (non-hydrogen) atoms. The summed E-state index contributed by atoms with van der Waals surface area (Å²) in [7, 11) is 0. The Kier molecular flexibility index (Phi) is 6.40. The minimum absolute atomic E-state index is 0.0432. The van der Waals surface area contributed by atoms with Crippen LogP contribution in [0.5, 0.6) is 5.75 Å². The Morgan fingerprint density at radius 2 is 1.61 bits per heavy atom. The van der Waals surface area contributed by atoms with E-state index in [1.165, 1.54) is 31.4 Å². The van der Waals surface area contributed by atoms with Crippen LogP contribution in [0.2, 0.25) is 0 Å². The van der Waals surface area contributed by atoms with E-state index in [1.807, 2.05) is 11.0 Å². The van der Waals surface area contributed by atoms with Crippen molar-refractivity contribution in [2.24, 2.45) is 17.8 Å². The first-order valence-corrected chi connectivity index (χ1v) is 12.6. The second-order valence-corrected chi connectivity index (χ2v) is 10.2. The number of hydrogen-bond donors (Lipinski definition) is 1. The van der Waals surface area contributed by atoms with Gasteiger partial charge in [0.15, 0.2) is 0 Å². The van der Waals surface area contributed by atoms with Crippen molar-refractivity contribution >= 4 is 12.0 Å². The number of nitrogens with zero attached hydrogens (tertiary/aromatic N) is 1. The molecule has 0 amide bonds. The molecule has 2 atom stereocenters. The van der Waals surface area contributed by atoms with Crippen molar-refractivity contribution in [2.75, 3.05) is 18.0 Å². The summed E-state index contributed by atoms with van der Waals surface area (Å²) in [4.78, 5) is 13.0. The summed E-state index contributed by atoms with van der Waals surface area (Å²) in [5.74, 6) is -0.344. The molecule has 1 heterocycles. The Bertz CT molecular complexity index is 986. The quantitative estimate of drug-likeness (QED) is 0.548. The average molecular weight is 454 g/mol. The first kappa shape index (κ1) is 22.4. The molecule has 2 aromatic carbocycles. The van der Waals surface area contributed by atoms with Crippen LogP contribution in [0.3, 0.4) is 0 Å². The maximum absolute atomic E-state index is 15.7. The molecule has 3 nitrogen and oxygen atoms in total. The predicted molar refractivity (Wildman–Crippen MR) is 126 cm³/mol. The van der Waals surface area contributed by atoms with Crippen molar-refractivity contribution in [1.29, 1.82) is 0 Å². The number of aromatic hydroxyl groups is 1. The standard InChI is InChI=1S/C28H33F2NO2/c29-25-15-21(31-12-10-18(17-32)11-13-31)16-26(30)28(25)27-23(19-4-2-1-3-5-19)8-6-20-14-22(33)7-9-24(20)27/h7,9,14-19,23,27,33H,1-6,8,10-13H2/t23-,27+/m1/s1. The molecule has 1 N–H and O–H groups in total. The molecule has 2 aromatic rings. The lowest BCUT2D eigenvalue weighted by atomic mass is 9.64. The molecule has 1 saturated heterocycles. The number of aryl methyl sites for hydroxylation is 1. The molecular formula is C28H33F2NO2. The van der Waals surface area contributed by atoms with Crippen LogP contribution >= 0.6 is 0 Å². The first-order valence-electron chi connectivity index (χ1n) is 12.6. The normalized spacial score (nSPS) is 24.5. The highest BCUT2D eigenvalue weighted by Crippen LogP contribution is 2.50. The number of phenolic OH excluding ortho intramolecular Hbond substituents is 1. The minimum atomic E-state index is -0.478. The second kappa shape index (κ2) is 9.44. The lowest BCUT2D eigenvalue weighted by Gasteiger charge is -2.41. The molecular weight excluding hydrogens is 420 g/mol. The third kappa shape index (κ3) is 4.39. The van der Waals surface area contributed by atoms with Crippen LogP contribution in [0.1, 0.15) is 74.0 Å². The fourth-order valence-corrected chi connectivity index (χ4v) is 6.62. The van der Waals surface area contributed by atoms with E-state index < -0.39 is 11.6 Å². The van der Waals surface area contributed by atoms with Gasteiger partial charge in [0.1, 0.15) is 23.7 Å². The van der Waals surface area contributed by atoms with Gasteiger partial charge in [-0.2, -0.15) is 0 Å². The molecule has 2 fully saturated rings. The molecule has 1 aliphatic heterocycles. The van der Waals surface area contributed by atoms with Crippen LogP contribution in [0.25, 0.3) is 0 Å². The Hall–Kier alpha value is -2.43. The van der Waals surface area contributed by atoms with E-state index >= 15 is 8.78 Å². The van der Waals surface area contributed by atoms with Crippen molar-refractivity contribution in [2.45, 2.75) is 63.7 Å². The van der Waals surface area contributed by atoms with Crippen LogP contribution in [-0.2, 0) is 11.2 Å². The van der Waals surface area contributed by atoms with Gasteiger partial charge in [0.2, 0.25) is 0 Å². The van der Waals surface area contributed by atoms with Gasteiger partial charge < -0.3 is 14.8 Å². The van der Waals surface area contributed by atoms with Crippen molar-refractivity contribution in [1.82, 2.24) is 0 Å². The predicted octanol–water partition coefficient (Wildman–Crippen LogP) is 6.36. The Balaban J connectivity index is 1.52. The first-order chi connectivity index (χ1) is 16.0. The Labute approximate surface area is 194 Å². The highest BCUT2D eigenvalue weighted by atomic mass is 19.1. The van der Waals surface area contributed by atoms with E-state index in [4.69, 9.17) is 0 Å². The largest absolute Gasteiger partial charge is 0.508 e. The number of carbonyl (C=O) groups excluding carboxylic acids is 1. The molecule has 0 aromatic heterocycles. The number of benzene rings is 2. The van der Waals surface area contributed by atoms with Crippen LogP contribution < -0.4 is 4.90 Å². The van der Waals surface area contributed by atoms with Gasteiger partial charge in [-0.15, -0.1) is 0 Å². The fraction of sp³-hybridized carbons (Fsp3) is 0.536. The lowest BCUT2D eigenvalue weighted by molar-refractivity contribution is -0.111. The zero-order chi connectivity index (χ0) is 22.9. The molecule has 0 radical (unpaired) electrons. The molecule has 5 heteroatoms. The summed E-state index contributed by atoms with van der Waals surface area (Å²) >= 11 is 0. The average Bonchev–Trinajstić information content (AvgIpc) is 2.84. The van der Waals surface area contributed by atoms with E-state index in [2.05, 4.69) is 0 Å². The smallest absolute Gasteiger partial charge is 0.132 e. The number of anilines is 1. The van der Waals surface area contributed by atoms with Gasteiger partial charge in [0.05, 0.1) is 0 Å². The van der Waals surface area contributed by atoms with Crippen molar-refractivity contribution in [3.8, 4) is 5.75 Å².